The van der Waals surface area contributed by atoms with Gasteiger partial charge in [0, 0.05) is 4.57 Å². The summed E-state index contributed by atoms with van der Waals surface area (Å²) in [6.45, 7) is 7.68. The minimum Gasteiger partial charge on any atom is -0.222 e. The lowest BCUT2D eigenvalue weighted by atomic mass is 10.1. The van der Waals surface area contributed by atoms with E-state index in [9.17, 15) is 4.57 Å². The molecule has 2 aromatic carbocycles. The van der Waals surface area contributed by atoms with Gasteiger partial charge < -0.3 is 0 Å². The van der Waals surface area contributed by atoms with E-state index in [0.29, 0.717) is 11.5 Å². The van der Waals surface area contributed by atoms with Crippen molar-refractivity contribution in [3.05, 3.63) is 58.7 Å². The monoisotopic (exact) mass is 289 g/mol. The topological polar surface area (TPSA) is 35.5 Å². The summed E-state index contributed by atoms with van der Waals surface area (Å²) in [7, 11) is -2.25. The van der Waals surface area contributed by atoms with Crippen molar-refractivity contribution in [3.63, 3.8) is 0 Å². The molecule has 0 atom stereocenters. The minimum absolute atomic E-state index is 0.625. The molecule has 0 radical (unpaired) electrons. The molecule has 0 aromatic heterocycles. The summed E-state index contributed by atoms with van der Waals surface area (Å²) in [4.78, 5) is 0. The van der Waals surface area contributed by atoms with E-state index in [4.69, 9.17) is 9.05 Å². The average Bonchev–Trinajstić information content (AvgIpc) is 2.39. The Bertz CT molecular complexity index is 554. The Balaban J connectivity index is 2.18. The van der Waals surface area contributed by atoms with E-state index in [-0.39, 0.29) is 0 Å². The summed E-state index contributed by atoms with van der Waals surface area (Å²) in [5.74, 6) is 1.25. The zero-order chi connectivity index (χ0) is 14.7. The van der Waals surface area contributed by atoms with Crippen molar-refractivity contribution in [1.29, 1.82) is 0 Å². The molecule has 0 unspecified atom stereocenters. The molecule has 0 bridgehead atoms. The van der Waals surface area contributed by atoms with Crippen molar-refractivity contribution in [2.75, 3.05) is 0 Å². The summed E-state index contributed by atoms with van der Waals surface area (Å²) in [5, 5.41) is 0. The second-order valence-corrected chi connectivity index (χ2v) is 5.66. The molecule has 2 aromatic rings. The third-order valence-electron chi connectivity index (χ3n) is 3.15. The lowest BCUT2D eigenvalue weighted by molar-refractivity contribution is 0.411. The lowest BCUT2D eigenvalue weighted by Crippen LogP contribution is -1.95. The van der Waals surface area contributed by atoms with E-state index >= 15 is 0 Å². The van der Waals surface area contributed by atoms with Gasteiger partial charge in [0.25, 0.3) is 0 Å². The van der Waals surface area contributed by atoms with E-state index in [0.717, 1.165) is 22.3 Å². The van der Waals surface area contributed by atoms with Gasteiger partial charge in [-0.1, -0.05) is 36.4 Å². The molecule has 3 nitrogen and oxygen atoms in total. The van der Waals surface area contributed by atoms with Crippen LogP contribution in [-0.2, 0) is 4.57 Å². The lowest BCUT2D eigenvalue weighted by Gasteiger charge is -2.04. The van der Waals surface area contributed by atoms with Gasteiger partial charge in [0.15, 0.2) is 11.5 Å². The molecule has 0 aliphatic carbocycles. The molecule has 0 fully saturated rings. The van der Waals surface area contributed by atoms with Gasteiger partial charge in [0.1, 0.15) is 0 Å². The molecule has 0 saturated heterocycles. The molecule has 0 aliphatic heterocycles. The first-order valence-corrected chi connectivity index (χ1v) is 7.54. The fourth-order valence-corrected chi connectivity index (χ4v) is 2.97. The highest BCUT2D eigenvalue weighted by Crippen LogP contribution is 2.36. The van der Waals surface area contributed by atoms with Crippen LogP contribution in [0, 0.1) is 27.7 Å². The molecule has 104 valence electrons. The zero-order valence-electron chi connectivity index (χ0n) is 12.1. The minimum atomic E-state index is -2.25. The quantitative estimate of drug-likeness (QED) is 0.740. The van der Waals surface area contributed by atoms with Crippen LogP contribution in [0.3, 0.4) is 0 Å². The normalized spacial score (nSPS) is 10.2. The number of hydrogen-bond donors (Lipinski definition) is 0. The van der Waals surface area contributed by atoms with Crippen molar-refractivity contribution in [2.24, 2.45) is 0 Å². The highest BCUT2D eigenvalue weighted by atomic mass is 31.1. The van der Waals surface area contributed by atoms with Gasteiger partial charge in [0.05, 0.1) is 0 Å². The summed E-state index contributed by atoms with van der Waals surface area (Å²) in [6.07, 6.45) is 0. The molecule has 0 spiro atoms. The van der Waals surface area contributed by atoms with E-state index in [1.54, 1.807) is 0 Å². The van der Waals surface area contributed by atoms with E-state index < -0.39 is 8.25 Å². The highest BCUT2D eigenvalue weighted by molar-refractivity contribution is 7.34. The second kappa shape index (κ2) is 6.06. The Morgan fingerprint density at radius 3 is 1.30 bits per heavy atom. The van der Waals surface area contributed by atoms with Gasteiger partial charge >= 0.3 is 8.25 Å². The van der Waals surface area contributed by atoms with E-state index in [2.05, 4.69) is 0 Å². The van der Waals surface area contributed by atoms with Crippen molar-refractivity contribution >= 4 is 8.25 Å². The van der Waals surface area contributed by atoms with Gasteiger partial charge in [-0.3, -0.25) is 0 Å². The molecular weight excluding hydrogens is 271 g/mol. The van der Waals surface area contributed by atoms with E-state index in [1.165, 1.54) is 0 Å². The summed E-state index contributed by atoms with van der Waals surface area (Å²) < 4.78 is 23.0. The van der Waals surface area contributed by atoms with Gasteiger partial charge in [-0.15, -0.1) is 0 Å². The maximum Gasteiger partial charge on any atom is 0.805 e. The Morgan fingerprint density at radius 1 is 0.700 bits per heavy atom. The Labute approximate surface area is 120 Å². The van der Waals surface area contributed by atoms with Crippen LogP contribution in [0.1, 0.15) is 22.3 Å². The fraction of sp³-hybridized carbons (Fsp3) is 0.250. The molecule has 20 heavy (non-hydrogen) atoms. The summed E-state index contributed by atoms with van der Waals surface area (Å²) in [6, 6.07) is 11.6. The molecule has 0 N–H and O–H groups in total. The Hall–Kier alpha value is -1.86. The Kier molecular flexibility index (Phi) is 4.41. The third-order valence-corrected chi connectivity index (χ3v) is 3.81. The van der Waals surface area contributed by atoms with Crippen LogP contribution in [0.4, 0.5) is 0 Å². The predicted octanol–water partition coefficient (Wildman–Crippen LogP) is 5.04. The predicted molar refractivity (Wildman–Crippen MR) is 80.7 cm³/mol. The van der Waals surface area contributed by atoms with Crippen LogP contribution < -0.4 is 9.05 Å². The highest BCUT2D eigenvalue weighted by Gasteiger charge is 2.27. The molecule has 4 heteroatoms. The number of para-hydroxylation sites is 2. The SMILES string of the molecule is Cc1cccc(C)c1O[P+](=O)Oc1c(C)cccc1C. The van der Waals surface area contributed by atoms with Crippen LogP contribution in [-0.4, -0.2) is 0 Å². The van der Waals surface area contributed by atoms with Gasteiger partial charge in [0.2, 0.25) is 0 Å². The number of rotatable bonds is 4. The first kappa shape index (κ1) is 14.5. The van der Waals surface area contributed by atoms with Crippen LogP contribution in [0.25, 0.3) is 0 Å². The molecule has 2 rings (SSSR count). The Morgan fingerprint density at radius 2 is 1.00 bits per heavy atom. The number of hydrogen-bond acceptors (Lipinski definition) is 3. The average molecular weight is 289 g/mol. The first-order chi connectivity index (χ1) is 9.49. The van der Waals surface area contributed by atoms with Crippen molar-refractivity contribution in [3.8, 4) is 11.5 Å². The largest absolute Gasteiger partial charge is 0.805 e. The standard InChI is InChI=1S/C16H18O3P/c1-11-7-5-8-12(2)15(11)18-20(17)19-16-13(3)9-6-10-14(16)4/h5-10H,1-4H3/q+1. The summed E-state index contributed by atoms with van der Waals surface area (Å²) in [5.41, 5.74) is 3.77. The van der Waals surface area contributed by atoms with Gasteiger partial charge in [-0.25, -0.2) is 9.05 Å². The third kappa shape index (κ3) is 3.17. The van der Waals surface area contributed by atoms with Crippen LogP contribution >= 0.6 is 8.25 Å². The number of benzene rings is 2. The van der Waals surface area contributed by atoms with Crippen molar-refractivity contribution in [1.82, 2.24) is 0 Å². The van der Waals surface area contributed by atoms with Gasteiger partial charge in [-0.05, 0) is 49.9 Å². The maximum absolute atomic E-state index is 12.1. The molecule has 0 amide bonds. The van der Waals surface area contributed by atoms with Crippen LogP contribution in [0.15, 0.2) is 36.4 Å². The van der Waals surface area contributed by atoms with Gasteiger partial charge in [-0.2, -0.15) is 0 Å². The van der Waals surface area contributed by atoms with E-state index in [1.807, 2.05) is 64.1 Å². The van der Waals surface area contributed by atoms with Crippen molar-refractivity contribution < 1.29 is 13.6 Å². The molecule has 0 aliphatic rings. The zero-order valence-corrected chi connectivity index (χ0v) is 13.0. The molecule has 0 saturated carbocycles. The van der Waals surface area contributed by atoms with Crippen LogP contribution in [0.2, 0.25) is 0 Å². The molecular formula is C16H18O3P+. The fourth-order valence-electron chi connectivity index (χ4n) is 2.05. The smallest absolute Gasteiger partial charge is 0.222 e. The second-order valence-electron chi connectivity index (χ2n) is 4.85. The van der Waals surface area contributed by atoms with Crippen molar-refractivity contribution in [2.45, 2.75) is 27.7 Å². The number of aryl methyl sites for hydroxylation is 4. The maximum atomic E-state index is 12.1. The molecule has 0 heterocycles. The summed E-state index contributed by atoms with van der Waals surface area (Å²) >= 11 is 0. The van der Waals surface area contributed by atoms with Crippen LogP contribution in [0.5, 0.6) is 11.5 Å². The first-order valence-electron chi connectivity index (χ1n) is 6.44.